The molecule has 0 N–H and O–H groups in total. The first-order valence-electron chi connectivity index (χ1n) is 5.74. The van der Waals surface area contributed by atoms with Gasteiger partial charge in [0.25, 0.3) is 0 Å². The summed E-state index contributed by atoms with van der Waals surface area (Å²) in [7, 11) is -1.79. The van der Waals surface area contributed by atoms with Crippen LogP contribution in [0.1, 0.15) is 24.6 Å². The molecule has 0 aliphatic rings. The first-order valence-corrected chi connectivity index (χ1v) is 7.35. The van der Waals surface area contributed by atoms with E-state index in [0.717, 1.165) is 12.8 Å². The summed E-state index contributed by atoms with van der Waals surface area (Å²) in [5.74, 6) is 0. The van der Waals surface area contributed by atoms with E-state index in [1.165, 1.54) is 6.07 Å². The van der Waals surface area contributed by atoms with Crippen molar-refractivity contribution in [1.29, 1.82) is 0 Å². The van der Waals surface area contributed by atoms with Gasteiger partial charge in [-0.05, 0) is 18.6 Å². The Morgan fingerprint density at radius 2 is 1.89 bits per heavy atom. The van der Waals surface area contributed by atoms with Crippen LogP contribution in [-0.2, 0) is 11.9 Å². The van der Waals surface area contributed by atoms with Crippen LogP contribution < -0.4 is 12.4 Å². The SMILES string of the molecule is CCCCc1cc2ccc(Cl)cc2[s+]1C(F)(F)F.[Cl-]. The highest BCUT2D eigenvalue weighted by atomic mass is 35.5. The van der Waals surface area contributed by atoms with Gasteiger partial charge in [0.1, 0.15) is 0 Å². The Morgan fingerprint density at radius 3 is 2.47 bits per heavy atom. The lowest BCUT2D eigenvalue weighted by Crippen LogP contribution is -3.00. The van der Waals surface area contributed by atoms with Crippen LogP contribution in [0.3, 0.4) is 0 Å². The molecule has 1 unspecified atom stereocenters. The van der Waals surface area contributed by atoms with Gasteiger partial charge in [-0.3, -0.25) is 0 Å². The summed E-state index contributed by atoms with van der Waals surface area (Å²) in [4.78, 5) is 0.488. The maximum absolute atomic E-state index is 13.2. The van der Waals surface area contributed by atoms with Crippen molar-refractivity contribution in [2.45, 2.75) is 31.7 Å². The molecule has 0 amide bonds. The molecule has 0 radical (unpaired) electrons. The minimum atomic E-state index is -4.21. The second-order valence-corrected chi connectivity index (χ2v) is 6.62. The van der Waals surface area contributed by atoms with Gasteiger partial charge in [-0.2, -0.15) is 0 Å². The Labute approximate surface area is 123 Å². The number of benzene rings is 1. The van der Waals surface area contributed by atoms with E-state index in [-0.39, 0.29) is 12.4 Å². The molecule has 0 saturated heterocycles. The summed E-state index contributed by atoms with van der Waals surface area (Å²) < 4.78 is 39.9. The van der Waals surface area contributed by atoms with Crippen LogP contribution in [0.15, 0.2) is 24.3 Å². The van der Waals surface area contributed by atoms with E-state index in [9.17, 15) is 13.2 Å². The van der Waals surface area contributed by atoms with Crippen molar-refractivity contribution in [2.24, 2.45) is 0 Å². The van der Waals surface area contributed by atoms with Gasteiger partial charge >= 0.3 is 5.51 Å². The molecule has 1 heterocycles. The van der Waals surface area contributed by atoms with E-state index < -0.39 is 16.0 Å². The molecule has 0 fully saturated rings. The second-order valence-electron chi connectivity index (χ2n) is 4.15. The fourth-order valence-electron chi connectivity index (χ4n) is 1.98. The molecule has 2 rings (SSSR count). The number of hydrogen-bond donors (Lipinski definition) is 0. The summed E-state index contributed by atoms with van der Waals surface area (Å²) in [6, 6.07) is 6.43. The molecule has 19 heavy (non-hydrogen) atoms. The zero-order chi connectivity index (χ0) is 13.3. The molecule has 2 aromatic rings. The third-order valence-corrected chi connectivity index (χ3v) is 5.12. The van der Waals surface area contributed by atoms with Crippen molar-refractivity contribution in [1.82, 2.24) is 0 Å². The van der Waals surface area contributed by atoms with Crippen LogP contribution in [-0.4, -0.2) is 0 Å². The molecular weight excluding hydrogens is 316 g/mol. The molecule has 106 valence electrons. The maximum Gasteiger partial charge on any atom is 0.600 e. The third kappa shape index (κ3) is 3.56. The van der Waals surface area contributed by atoms with E-state index in [0.29, 0.717) is 26.4 Å². The van der Waals surface area contributed by atoms with Crippen molar-refractivity contribution in [3.05, 3.63) is 34.2 Å². The van der Waals surface area contributed by atoms with E-state index >= 15 is 0 Å². The molecular formula is C13H13Cl2F3S. The summed E-state index contributed by atoms with van der Waals surface area (Å²) in [6.45, 7) is 1.98. The van der Waals surface area contributed by atoms with Gasteiger partial charge < -0.3 is 12.4 Å². The Kier molecular flexibility index (Phi) is 5.53. The van der Waals surface area contributed by atoms with Crippen LogP contribution in [0.25, 0.3) is 10.1 Å². The fraction of sp³-hybridized carbons (Fsp3) is 0.385. The normalized spacial score (nSPS) is 12.6. The number of rotatable bonds is 3. The van der Waals surface area contributed by atoms with Gasteiger partial charge in [0.05, 0.1) is 10.5 Å². The fourth-order valence-corrected chi connectivity index (χ4v) is 4.24. The van der Waals surface area contributed by atoms with Gasteiger partial charge in [0.2, 0.25) is 0 Å². The average molecular weight is 329 g/mol. The summed E-state index contributed by atoms with van der Waals surface area (Å²) in [5.41, 5.74) is -4.21. The summed E-state index contributed by atoms with van der Waals surface area (Å²) >= 11 is 5.80. The highest BCUT2D eigenvalue weighted by molar-refractivity contribution is 7.38. The number of thiophene rings is 1. The lowest BCUT2D eigenvalue weighted by Gasteiger charge is -1.99. The Morgan fingerprint density at radius 1 is 1.21 bits per heavy atom. The monoisotopic (exact) mass is 328 g/mol. The summed E-state index contributed by atoms with van der Waals surface area (Å²) in [6.07, 6.45) is 2.18. The molecule has 1 atom stereocenters. The highest BCUT2D eigenvalue weighted by Gasteiger charge is 2.47. The minimum Gasteiger partial charge on any atom is -1.00 e. The predicted molar refractivity (Wildman–Crippen MR) is 71.3 cm³/mol. The lowest BCUT2D eigenvalue weighted by atomic mass is 10.2. The van der Waals surface area contributed by atoms with Crippen molar-refractivity contribution in [2.75, 3.05) is 0 Å². The average Bonchev–Trinajstić information content (AvgIpc) is 2.63. The van der Waals surface area contributed by atoms with E-state index in [2.05, 4.69) is 0 Å². The van der Waals surface area contributed by atoms with E-state index in [1.54, 1.807) is 18.2 Å². The zero-order valence-corrected chi connectivity index (χ0v) is 12.6. The molecule has 1 aromatic carbocycles. The Bertz CT molecular complexity index is 561. The quantitative estimate of drug-likeness (QED) is 0.760. The number of halogens is 5. The van der Waals surface area contributed by atoms with Gasteiger partial charge in [-0.15, -0.1) is 13.2 Å². The molecule has 0 bridgehead atoms. The number of fused-ring (bicyclic) bond motifs is 1. The zero-order valence-electron chi connectivity index (χ0n) is 10.2. The van der Waals surface area contributed by atoms with Gasteiger partial charge in [0, 0.05) is 29.0 Å². The highest BCUT2D eigenvalue weighted by Crippen LogP contribution is 2.51. The van der Waals surface area contributed by atoms with Crippen molar-refractivity contribution in [3.8, 4) is 0 Å². The number of unbranched alkanes of at least 4 members (excludes halogenated alkanes) is 1. The van der Waals surface area contributed by atoms with Crippen LogP contribution in [0.4, 0.5) is 13.2 Å². The van der Waals surface area contributed by atoms with Crippen LogP contribution in [0.2, 0.25) is 5.02 Å². The van der Waals surface area contributed by atoms with Gasteiger partial charge in [-0.1, -0.05) is 24.9 Å². The molecule has 0 aliphatic heterocycles. The number of aryl methyl sites for hydroxylation is 1. The van der Waals surface area contributed by atoms with Crippen molar-refractivity contribution >= 4 is 32.2 Å². The minimum absolute atomic E-state index is 0. The van der Waals surface area contributed by atoms with E-state index in [4.69, 9.17) is 11.6 Å². The van der Waals surface area contributed by atoms with Crippen LogP contribution in [0, 0.1) is 0 Å². The first-order chi connectivity index (χ1) is 8.43. The standard InChI is InChI=1S/C13H13ClF3S.ClH/c1-2-3-4-11-7-9-5-6-10(14)8-12(9)18(11)13(15,16)17;/h5-8H,2-4H2,1H3;1H/q+1;/p-1. The second kappa shape index (κ2) is 6.33. The maximum atomic E-state index is 13.2. The lowest BCUT2D eigenvalue weighted by molar-refractivity contribution is -0.0867. The Hall–Kier alpha value is -0.450. The molecule has 6 heteroatoms. The van der Waals surface area contributed by atoms with Crippen molar-refractivity contribution in [3.63, 3.8) is 0 Å². The van der Waals surface area contributed by atoms with Crippen LogP contribution in [0.5, 0.6) is 0 Å². The van der Waals surface area contributed by atoms with Crippen molar-refractivity contribution < 1.29 is 25.6 Å². The van der Waals surface area contributed by atoms with Crippen LogP contribution >= 0.6 is 22.1 Å². The summed E-state index contributed by atoms with van der Waals surface area (Å²) in [5, 5.41) is 1.02. The third-order valence-electron chi connectivity index (χ3n) is 2.78. The smallest absolute Gasteiger partial charge is 0.600 e. The number of alkyl halides is 3. The molecule has 1 aromatic heterocycles. The first kappa shape index (κ1) is 16.6. The topological polar surface area (TPSA) is 0 Å². The largest absolute Gasteiger partial charge is 1.00 e. The number of hydrogen-bond acceptors (Lipinski definition) is 0. The molecule has 0 nitrogen and oxygen atoms in total. The van der Waals surface area contributed by atoms with Gasteiger partial charge in [-0.25, -0.2) is 0 Å². The molecule has 0 aliphatic carbocycles. The predicted octanol–water partition coefficient (Wildman–Crippen LogP) is 3.07. The molecule has 0 saturated carbocycles. The Balaban J connectivity index is 0.00000180. The van der Waals surface area contributed by atoms with E-state index in [1.807, 2.05) is 6.92 Å². The van der Waals surface area contributed by atoms with Gasteiger partial charge in [0.15, 0.2) is 9.58 Å². The molecule has 0 spiro atoms.